The average Bonchev–Trinajstić information content (AvgIpc) is 2.77. The van der Waals surface area contributed by atoms with Crippen molar-refractivity contribution in [2.45, 2.75) is 6.92 Å². The SMILES string of the molecule is Cc1cccc(C(=O)NN=c2c(=O)c3ccccc3c2=O)c1. The van der Waals surface area contributed by atoms with Gasteiger partial charge >= 0.3 is 0 Å². The Morgan fingerprint density at radius 3 is 2.18 bits per heavy atom. The van der Waals surface area contributed by atoms with E-state index in [-0.39, 0.29) is 5.36 Å². The third-order valence-electron chi connectivity index (χ3n) is 3.40. The molecule has 0 aliphatic heterocycles. The molecular formula is C17H12N2O3. The molecule has 5 heteroatoms. The number of rotatable bonds is 2. The molecule has 0 heterocycles. The number of carbonyl (C=O) groups is 1. The Morgan fingerprint density at radius 1 is 0.955 bits per heavy atom. The predicted octanol–water partition coefficient (Wildman–Crippen LogP) is 0.990. The molecule has 0 unspecified atom stereocenters. The van der Waals surface area contributed by atoms with Crippen LogP contribution in [0.5, 0.6) is 0 Å². The Labute approximate surface area is 125 Å². The van der Waals surface area contributed by atoms with Gasteiger partial charge in [-0.3, -0.25) is 14.4 Å². The zero-order valence-electron chi connectivity index (χ0n) is 11.8. The highest BCUT2D eigenvalue weighted by atomic mass is 16.2. The number of fused-ring (bicyclic) bond motifs is 1. The quantitative estimate of drug-likeness (QED) is 0.716. The van der Waals surface area contributed by atoms with E-state index >= 15 is 0 Å². The van der Waals surface area contributed by atoms with Gasteiger partial charge in [-0.05, 0) is 19.1 Å². The van der Waals surface area contributed by atoms with E-state index in [1.807, 2.05) is 13.0 Å². The number of carbonyl (C=O) groups excluding carboxylic acids is 1. The largest absolute Gasteiger partial charge is 0.287 e. The second kappa shape index (κ2) is 5.37. The molecule has 0 aliphatic rings. The summed E-state index contributed by atoms with van der Waals surface area (Å²) < 4.78 is 0. The fourth-order valence-electron chi connectivity index (χ4n) is 2.30. The number of hydrogen-bond donors (Lipinski definition) is 1. The monoisotopic (exact) mass is 292 g/mol. The minimum atomic E-state index is -0.467. The molecular weight excluding hydrogens is 280 g/mol. The lowest BCUT2D eigenvalue weighted by atomic mass is 10.1. The highest BCUT2D eigenvalue weighted by Crippen LogP contribution is 2.03. The highest BCUT2D eigenvalue weighted by molar-refractivity contribution is 5.94. The first-order chi connectivity index (χ1) is 10.6. The van der Waals surface area contributed by atoms with E-state index in [1.54, 1.807) is 42.5 Å². The van der Waals surface area contributed by atoms with Crippen molar-refractivity contribution in [3.8, 4) is 0 Å². The van der Waals surface area contributed by atoms with Crippen molar-refractivity contribution in [2.24, 2.45) is 5.10 Å². The molecule has 0 fully saturated rings. The van der Waals surface area contributed by atoms with Crippen LogP contribution in [0.3, 0.4) is 0 Å². The van der Waals surface area contributed by atoms with Crippen LogP contribution < -0.4 is 21.6 Å². The van der Waals surface area contributed by atoms with Gasteiger partial charge in [0.05, 0.1) is 0 Å². The normalized spacial score (nSPS) is 10.6. The van der Waals surface area contributed by atoms with Crippen molar-refractivity contribution >= 4 is 16.7 Å². The van der Waals surface area contributed by atoms with Crippen LogP contribution in [0.25, 0.3) is 10.8 Å². The number of nitrogens with one attached hydrogen (secondary N) is 1. The second-order valence-corrected chi connectivity index (χ2v) is 4.97. The molecule has 3 aromatic rings. The van der Waals surface area contributed by atoms with Crippen LogP contribution >= 0.6 is 0 Å². The van der Waals surface area contributed by atoms with Gasteiger partial charge in [0.1, 0.15) is 0 Å². The average molecular weight is 292 g/mol. The second-order valence-electron chi connectivity index (χ2n) is 4.97. The van der Waals surface area contributed by atoms with Crippen LogP contribution in [-0.2, 0) is 0 Å². The Hall–Kier alpha value is -3.08. The van der Waals surface area contributed by atoms with Gasteiger partial charge in [0.2, 0.25) is 10.9 Å². The Kier molecular flexibility index (Phi) is 3.39. The summed E-state index contributed by atoms with van der Waals surface area (Å²) in [6, 6.07) is 13.4. The summed E-state index contributed by atoms with van der Waals surface area (Å²) in [6.45, 7) is 1.86. The molecule has 1 amide bonds. The van der Waals surface area contributed by atoms with E-state index in [2.05, 4.69) is 10.5 Å². The number of benzene rings is 2. The van der Waals surface area contributed by atoms with Crippen LogP contribution in [0.15, 0.2) is 63.2 Å². The molecule has 0 bridgehead atoms. The first-order valence-corrected chi connectivity index (χ1v) is 6.71. The van der Waals surface area contributed by atoms with Crippen molar-refractivity contribution in [1.29, 1.82) is 0 Å². The summed E-state index contributed by atoms with van der Waals surface area (Å²) in [4.78, 5) is 36.2. The summed E-state index contributed by atoms with van der Waals surface area (Å²) in [5.41, 5.74) is 2.68. The minimum Gasteiger partial charge on any atom is -0.287 e. The maximum Gasteiger partial charge on any atom is 0.271 e. The number of aryl methyl sites for hydroxylation is 1. The van der Waals surface area contributed by atoms with E-state index in [9.17, 15) is 14.4 Å². The summed E-state index contributed by atoms with van der Waals surface area (Å²) in [7, 11) is 0. The first-order valence-electron chi connectivity index (χ1n) is 6.71. The maximum atomic E-state index is 12.1. The minimum absolute atomic E-state index is 0.262. The fourth-order valence-corrected chi connectivity index (χ4v) is 2.30. The van der Waals surface area contributed by atoms with Gasteiger partial charge in [0.15, 0.2) is 5.36 Å². The van der Waals surface area contributed by atoms with Crippen molar-refractivity contribution in [3.63, 3.8) is 0 Å². The summed E-state index contributed by atoms with van der Waals surface area (Å²) >= 11 is 0. The molecule has 0 spiro atoms. The lowest BCUT2D eigenvalue weighted by molar-refractivity contribution is 0.0953. The van der Waals surface area contributed by atoms with Gasteiger partial charge in [-0.25, -0.2) is 5.43 Å². The van der Waals surface area contributed by atoms with Crippen LogP contribution in [0.4, 0.5) is 0 Å². The van der Waals surface area contributed by atoms with Crippen LogP contribution in [-0.4, -0.2) is 5.91 Å². The molecule has 3 rings (SSSR count). The highest BCUT2D eigenvalue weighted by Gasteiger charge is 2.11. The molecule has 22 heavy (non-hydrogen) atoms. The van der Waals surface area contributed by atoms with E-state index in [1.165, 1.54) is 0 Å². The Bertz CT molecular complexity index is 978. The lowest BCUT2D eigenvalue weighted by Gasteiger charge is -1.99. The summed E-state index contributed by atoms with van der Waals surface area (Å²) in [5, 5.41) is 4.09. The molecule has 0 radical (unpaired) electrons. The van der Waals surface area contributed by atoms with E-state index in [4.69, 9.17) is 0 Å². The molecule has 3 aromatic carbocycles. The fraction of sp³-hybridized carbons (Fsp3) is 0.0588. The van der Waals surface area contributed by atoms with Crippen LogP contribution in [0.2, 0.25) is 0 Å². The van der Waals surface area contributed by atoms with Gasteiger partial charge in [0, 0.05) is 16.3 Å². The molecule has 108 valence electrons. The number of hydrogen-bond acceptors (Lipinski definition) is 4. The Balaban J connectivity index is 2.02. The van der Waals surface area contributed by atoms with Crippen LogP contribution in [0, 0.1) is 6.92 Å². The molecule has 0 saturated carbocycles. The Morgan fingerprint density at radius 2 is 1.59 bits per heavy atom. The molecule has 0 atom stereocenters. The maximum absolute atomic E-state index is 12.1. The molecule has 0 aromatic heterocycles. The summed E-state index contributed by atoms with van der Waals surface area (Å²) in [6.07, 6.45) is 0. The van der Waals surface area contributed by atoms with Gasteiger partial charge in [-0.2, -0.15) is 5.10 Å². The standard InChI is InChI=1S/C17H12N2O3/c1-10-5-4-6-11(9-10)17(22)19-18-14-15(20)12-7-2-3-8-13(12)16(14)21/h2-9H,1H3,(H,19,22). The zero-order valence-corrected chi connectivity index (χ0v) is 11.8. The molecule has 1 N–H and O–H groups in total. The van der Waals surface area contributed by atoms with E-state index < -0.39 is 16.8 Å². The number of amides is 1. The van der Waals surface area contributed by atoms with Gasteiger partial charge in [-0.15, -0.1) is 0 Å². The van der Waals surface area contributed by atoms with Crippen molar-refractivity contribution in [3.05, 3.63) is 85.5 Å². The van der Waals surface area contributed by atoms with Crippen molar-refractivity contribution in [2.75, 3.05) is 0 Å². The van der Waals surface area contributed by atoms with Gasteiger partial charge in [-0.1, -0.05) is 42.0 Å². The van der Waals surface area contributed by atoms with E-state index in [0.29, 0.717) is 16.3 Å². The van der Waals surface area contributed by atoms with E-state index in [0.717, 1.165) is 5.56 Å². The third kappa shape index (κ3) is 2.33. The molecule has 0 aliphatic carbocycles. The molecule has 0 saturated heterocycles. The molecule has 5 nitrogen and oxygen atoms in total. The number of nitrogens with zero attached hydrogens (tertiary/aromatic N) is 1. The zero-order chi connectivity index (χ0) is 15.7. The third-order valence-corrected chi connectivity index (χ3v) is 3.40. The first kappa shape index (κ1) is 13.9. The predicted molar refractivity (Wildman–Crippen MR) is 83.1 cm³/mol. The van der Waals surface area contributed by atoms with Gasteiger partial charge < -0.3 is 0 Å². The smallest absolute Gasteiger partial charge is 0.271 e. The van der Waals surface area contributed by atoms with Crippen molar-refractivity contribution < 1.29 is 4.79 Å². The van der Waals surface area contributed by atoms with Gasteiger partial charge in [0.25, 0.3) is 5.91 Å². The van der Waals surface area contributed by atoms with Crippen molar-refractivity contribution in [1.82, 2.24) is 5.43 Å². The lowest BCUT2D eigenvalue weighted by Crippen LogP contribution is -2.35. The topological polar surface area (TPSA) is 75.6 Å². The van der Waals surface area contributed by atoms with Crippen LogP contribution in [0.1, 0.15) is 15.9 Å². The summed E-state index contributed by atoms with van der Waals surface area (Å²) in [5.74, 6) is -0.465.